The smallest absolute Gasteiger partial charge is 0.0858 e. The van der Waals surface area contributed by atoms with Crippen LogP contribution in [0.3, 0.4) is 0 Å². The molecule has 0 heterocycles. The highest BCUT2D eigenvalue weighted by atomic mass is 15.1. The number of azo groups is 1. The number of nitrogens with one attached hydrogen (secondary N) is 1. The summed E-state index contributed by atoms with van der Waals surface area (Å²) >= 11 is 0. The van der Waals surface area contributed by atoms with Gasteiger partial charge in [-0.05, 0) is 66.1 Å². The summed E-state index contributed by atoms with van der Waals surface area (Å²) in [5.74, 6) is 0. The van der Waals surface area contributed by atoms with Gasteiger partial charge in [0.2, 0.25) is 0 Å². The summed E-state index contributed by atoms with van der Waals surface area (Å²) in [7, 11) is 1.89. The third-order valence-corrected chi connectivity index (χ3v) is 3.76. The molecule has 3 aromatic rings. The third kappa shape index (κ3) is 4.20. The second-order valence-corrected chi connectivity index (χ2v) is 5.58. The van der Waals surface area contributed by atoms with Gasteiger partial charge in [-0.3, -0.25) is 0 Å². The van der Waals surface area contributed by atoms with Crippen molar-refractivity contribution in [2.24, 2.45) is 10.2 Å². The summed E-state index contributed by atoms with van der Waals surface area (Å²) in [5, 5.41) is 11.6. The van der Waals surface area contributed by atoms with Crippen LogP contribution < -0.4 is 11.1 Å². The van der Waals surface area contributed by atoms with Gasteiger partial charge in [-0.2, -0.15) is 10.2 Å². The van der Waals surface area contributed by atoms with Crippen LogP contribution in [-0.4, -0.2) is 7.05 Å². The highest BCUT2D eigenvalue weighted by molar-refractivity contribution is 5.50. The Morgan fingerprint density at radius 2 is 1.17 bits per heavy atom. The van der Waals surface area contributed by atoms with Crippen molar-refractivity contribution in [1.29, 1.82) is 0 Å². The summed E-state index contributed by atoms with van der Waals surface area (Å²) in [6, 6.07) is 23.9. The summed E-state index contributed by atoms with van der Waals surface area (Å²) in [5.41, 5.74) is 11.7. The van der Waals surface area contributed by atoms with E-state index in [1.807, 2.05) is 55.6 Å². The molecule has 3 N–H and O–H groups in total. The Morgan fingerprint density at radius 3 is 1.67 bits per heavy atom. The molecule has 3 aromatic carbocycles. The average Bonchev–Trinajstić information content (AvgIpc) is 2.63. The van der Waals surface area contributed by atoms with Crippen molar-refractivity contribution in [3.63, 3.8) is 0 Å². The molecular weight excluding hydrogens is 296 g/mol. The largest absolute Gasteiger partial charge is 0.399 e. The van der Waals surface area contributed by atoms with E-state index in [0.29, 0.717) is 0 Å². The summed E-state index contributed by atoms with van der Waals surface area (Å²) in [4.78, 5) is 0. The zero-order valence-electron chi connectivity index (χ0n) is 13.6. The molecule has 0 aliphatic heterocycles. The number of anilines is 2. The minimum absolute atomic E-state index is 0.789. The maximum atomic E-state index is 5.71. The third-order valence-electron chi connectivity index (χ3n) is 3.76. The molecule has 3 rings (SSSR count). The van der Waals surface area contributed by atoms with Gasteiger partial charge in [-0.1, -0.05) is 24.3 Å². The van der Waals surface area contributed by atoms with Crippen LogP contribution in [0.25, 0.3) is 0 Å². The molecule has 0 aromatic heterocycles. The number of hydrogen-bond donors (Lipinski definition) is 2. The summed E-state index contributed by atoms with van der Waals surface area (Å²) in [6.07, 6.45) is 0.878. The van der Waals surface area contributed by atoms with Crippen molar-refractivity contribution in [3.8, 4) is 0 Å². The summed E-state index contributed by atoms with van der Waals surface area (Å²) in [6.45, 7) is 0. The Labute approximate surface area is 142 Å². The molecule has 0 aliphatic carbocycles. The van der Waals surface area contributed by atoms with Crippen molar-refractivity contribution in [2.45, 2.75) is 6.42 Å². The lowest BCUT2D eigenvalue weighted by molar-refractivity contribution is 1.18. The lowest BCUT2D eigenvalue weighted by atomic mass is 10.0. The Kier molecular flexibility index (Phi) is 4.87. The van der Waals surface area contributed by atoms with Crippen LogP contribution in [0.5, 0.6) is 0 Å². The van der Waals surface area contributed by atoms with E-state index in [-0.39, 0.29) is 0 Å². The van der Waals surface area contributed by atoms with E-state index >= 15 is 0 Å². The highest BCUT2D eigenvalue weighted by Gasteiger charge is 1.98. The maximum absolute atomic E-state index is 5.71. The molecule has 0 radical (unpaired) electrons. The number of nitrogens with zero attached hydrogens (tertiary/aromatic N) is 2. The molecule has 4 nitrogen and oxygen atoms in total. The van der Waals surface area contributed by atoms with Gasteiger partial charge in [0.25, 0.3) is 0 Å². The van der Waals surface area contributed by atoms with Gasteiger partial charge < -0.3 is 11.1 Å². The normalized spacial score (nSPS) is 10.9. The average molecular weight is 316 g/mol. The minimum Gasteiger partial charge on any atom is -0.399 e. The Balaban J connectivity index is 1.65. The van der Waals surface area contributed by atoms with Crippen LogP contribution >= 0.6 is 0 Å². The molecule has 0 atom stereocenters. The predicted octanol–water partition coefficient (Wildman–Crippen LogP) is 5.32. The van der Waals surface area contributed by atoms with Gasteiger partial charge in [0.15, 0.2) is 0 Å². The van der Waals surface area contributed by atoms with E-state index in [1.54, 1.807) is 0 Å². The fraction of sp³-hybridized carbons (Fsp3) is 0.100. The second kappa shape index (κ2) is 7.42. The van der Waals surface area contributed by atoms with Crippen molar-refractivity contribution in [1.82, 2.24) is 0 Å². The lowest BCUT2D eigenvalue weighted by Crippen LogP contribution is -1.89. The Hall–Kier alpha value is -3.14. The first kappa shape index (κ1) is 15.7. The first-order valence-electron chi connectivity index (χ1n) is 7.86. The molecule has 0 saturated heterocycles. The number of rotatable bonds is 5. The van der Waals surface area contributed by atoms with Crippen LogP contribution in [0.15, 0.2) is 83.0 Å². The number of nitrogen functional groups attached to an aromatic ring is 1. The quantitative estimate of drug-likeness (QED) is 0.494. The zero-order chi connectivity index (χ0) is 16.8. The van der Waals surface area contributed by atoms with Gasteiger partial charge in [0, 0.05) is 18.4 Å². The summed E-state index contributed by atoms with van der Waals surface area (Å²) < 4.78 is 0. The molecule has 24 heavy (non-hydrogen) atoms. The fourth-order valence-corrected chi connectivity index (χ4v) is 2.36. The molecule has 0 saturated carbocycles. The lowest BCUT2D eigenvalue weighted by Gasteiger charge is -2.03. The fourth-order valence-electron chi connectivity index (χ4n) is 2.36. The molecule has 0 bridgehead atoms. The van der Waals surface area contributed by atoms with E-state index in [1.165, 1.54) is 11.1 Å². The van der Waals surface area contributed by atoms with Crippen LogP contribution in [-0.2, 0) is 6.42 Å². The first-order chi connectivity index (χ1) is 11.7. The molecule has 0 fully saturated rings. The number of hydrogen-bond acceptors (Lipinski definition) is 4. The Morgan fingerprint density at radius 1 is 0.708 bits per heavy atom. The second-order valence-electron chi connectivity index (χ2n) is 5.58. The highest BCUT2D eigenvalue weighted by Crippen LogP contribution is 2.21. The number of benzene rings is 3. The van der Waals surface area contributed by atoms with Gasteiger partial charge >= 0.3 is 0 Å². The van der Waals surface area contributed by atoms with Crippen LogP contribution in [0.4, 0.5) is 22.7 Å². The van der Waals surface area contributed by atoms with Crippen molar-refractivity contribution < 1.29 is 0 Å². The monoisotopic (exact) mass is 316 g/mol. The van der Waals surface area contributed by atoms with Gasteiger partial charge in [0.1, 0.15) is 0 Å². The maximum Gasteiger partial charge on any atom is 0.0858 e. The van der Waals surface area contributed by atoms with Gasteiger partial charge in [-0.15, -0.1) is 0 Å². The topological polar surface area (TPSA) is 62.8 Å². The van der Waals surface area contributed by atoms with Crippen LogP contribution in [0, 0.1) is 0 Å². The van der Waals surface area contributed by atoms with Crippen LogP contribution in [0.2, 0.25) is 0 Å². The molecular formula is C20H20N4. The molecule has 0 aliphatic rings. The van der Waals surface area contributed by atoms with E-state index in [0.717, 1.165) is 29.2 Å². The standard InChI is InChI=1S/C20H20N4/c1-22-18-10-12-20(13-11-18)24-23-19-8-4-16(5-9-19)14-15-2-6-17(21)7-3-15/h2-13,22H,14,21H2,1H3. The molecule has 0 spiro atoms. The predicted molar refractivity (Wildman–Crippen MR) is 100 cm³/mol. The first-order valence-corrected chi connectivity index (χ1v) is 7.86. The molecule has 4 heteroatoms. The van der Waals surface area contributed by atoms with Crippen LogP contribution in [0.1, 0.15) is 11.1 Å². The van der Waals surface area contributed by atoms with E-state index in [2.05, 4.69) is 39.8 Å². The number of nitrogens with two attached hydrogens (primary N) is 1. The SMILES string of the molecule is CNc1ccc(N=Nc2ccc(Cc3ccc(N)cc3)cc2)cc1. The van der Waals surface area contributed by atoms with Crippen molar-refractivity contribution in [3.05, 3.63) is 83.9 Å². The van der Waals surface area contributed by atoms with E-state index in [4.69, 9.17) is 5.73 Å². The molecule has 0 unspecified atom stereocenters. The van der Waals surface area contributed by atoms with Gasteiger partial charge in [0.05, 0.1) is 11.4 Å². The zero-order valence-corrected chi connectivity index (χ0v) is 13.6. The van der Waals surface area contributed by atoms with E-state index in [9.17, 15) is 0 Å². The Bertz CT molecular complexity index is 804. The van der Waals surface area contributed by atoms with Crippen molar-refractivity contribution in [2.75, 3.05) is 18.1 Å². The molecule has 0 amide bonds. The van der Waals surface area contributed by atoms with Gasteiger partial charge in [-0.25, -0.2) is 0 Å². The van der Waals surface area contributed by atoms with Crippen molar-refractivity contribution >= 4 is 22.7 Å². The molecule has 120 valence electrons. The van der Waals surface area contributed by atoms with E-state index < -0.39 is 0 Å². The minimum atomic E-state index is 0.789.